The molecule has 0 aliphatic heterocycles. The summed E-state index contributed by atoms with van der Waals surface area (Å²) in [5, 5.41) is 2.77. The van der Waals surface area contributed by atoms with Gasteiger partial charge in [-0.3, -0.25) is 4.79 Å². The van der Waals surface area contributed by atoms with Gasteiger partial charge < -0.3 is 10.1 Å². The first-order chi connectivity index (χ1) is 9.36. The normalized spacial score (nSPS) is 14.9. The first kappa shape index (κ1) is 15.1. The van der Waals surface area contributed by atoms with Crippen molar-refractivity contribution in [2.45, 2.75) is 30.2 Å². The molecule has 1 aliphatic rings. The van der Waals surface area contributed by atoms with Gasteiger partial charge in [-0.25, -0.2) is 12.8 Å². The molecule has 0 heterocycles. The quantitative estimate of drug-likeness (QED) is 0.811. The van der Waals surface area contributed by atoms with Gasteiger partial charge in [-0.2, -0.15) is 0 Å². The maximum absolute atomic E-state index is 13.6. The van der Waals surface area contributed by atoms with Crippen LogP contribution in [0.3, 0.4) is 0 Å². The molecule has 0 spiro atoms. The molecule has 5 nitrogen and oxygen atoms in total. The molecule has 0 saturated heterocycles. The summed E-state index contributed by atoms with van der Waals surface area (Å²) in [5.74, 6) is -1.10. The van der Waals surface area contributed by atoms with Crippen LogP contribution in [0.4, 0.5) is 4.39 Å². The molecule has 1 N–H and O–H groups in total. The van der Waals surface area contributed by atoms with Crippen LogP contribution in [-0.4, -0.2) is 27.0 Å². The fraction of sp³-hybridized carbons (Fsp3) is 0.417. The van der Waals surface area contributed by atoms with Crippen molar-refractivity contribution in [3.05, 3.63) is 24.0 Å². The van der Waals surface area contributed by atoms with E-state index < -0.39 is 14.9 Å². The number of carbonyl (C=O) groups excluding carboxylic acids is 1. The number of benzene rings is 1. The molecule has 1 fully saturated rings. The number of carbonyl (C=O) groups is 1. The summed E-state index contributed by atoms with van der Waals surface area (Å²) in [7, 11) is 1.12. The van der Waals surface area contributed by atoms with E-state index in [1.165, 1.54) is 6.07 Å². The number of amides is 1. The van der Waals surface area contributed by atoms with Crippen molar-refractivity contribution in [2.24, 2.45) is 0 Å². The van der Waals surface area contributed by atoms with Crippen molar-refractivity contribution in [2.75, 3.05) is 6.61 Å². The van der Waals surface area contributed by atoms with E-state index >= 15 is 0 Å². The highest BCUT2D eigenvalue weighted by molar-refractivity contribution is 8.13. The molecular formula is C12H13ClFNO4S. The number of halogens is 2. The highest BCUT2D eigenvalue weighted by atomic mass is 35.7. The third-order valence-corrected chi connectivity index (χ3v) is 4.07. The van der Waals surface area contributed by atoms with Crippen LogP contribution in [0.15, 0.2) is 23.1 Å². The number of rotatable bonds is 6. The molecule has 0 unspecified atom stereocenters. The molecule has 0 aromatic heterocycles. The molecule has 8 heteroatoms. The molecule has 110 valence electrons. The highest BCUT2D eigenvalue weighted by Gasteiger charge is 2.23. The Bertz CT molecular complexity index is 616. The molecule has 1 aromatic rings. The molecule has 0 radical (unpaired) electrons. The molecule has 20 heavy (non-hydrogen) atoms. The number of hydrogen-bond donors (Lipinski definition) is 1. The predicted octanol–water partition coefficient (Wildman–Crippen LogP) is 1.80. The summed E-state index contributed by atoms with van der Waals surface area (Å²) in [6.45, 7) is 0.0163. The zero-order valence-corrected chi connectivity index (χ0v) is 12.0. The Kier molecular flexibility index (Phi) is 4.49. The van der Waals surface area contributed by atoms with Gasteiger partial charge in [-0.1, -0.05) is 0 Å². The highest BCUT2D eigenvalue weighted by Crippen LogP contribution is 2.23. The number of ether oxygens (including phenoxy) is 1. The Morgan fingerprint density at radius 2 is 2.15 bits per heavy atom. The van der Waals surface area contributed by atoms with Crippen molar-refractivity contribution < 1.29 is 22.3 Å². The van der Waals surface area contributed by atoms with Crippen LogP contribution >= 0.6 is 10.7 Å². The van der Waals surface area contributed by atoms with Gasteiger partial charge in [-0.05, 0) is 31.0 Å². The summed E-state index contributed by atoms with van der Waals surface area (Å²) in [5.41, 5.74) is 0. The number of hydrogen-bond acceptors (Lipinski definition) is 4. The van der Waals surface area contributed by atoms with Crippen LogP contribution in [0.2, 0.25) is 0 Å². The van der Waals surface area contributed by atoms with Gasteiger partial charge in [0.2, 0.25) is 5.91 Å². The van der Waals surface area contributed by atoms with Gasteiger partial charge in [0.05, 0.1) is 17.9 Å². The van der Waals surface area contributed by atoms with E-state index in [-0.39, 0.29) is 35.6 Å². The van der Waals surface area contributed by atoms with Crippen molar-refractivity contribution in [3.63, 3.8) is 0 Å². The second kappa shape index (κ2) is 5.97. The van der Waals surface area contributed by atoms with E-state index in [9.17, 15) is 17.6 Å². The van der Waals surface area contributed by atoms with Crippen LogP contribution in [-0.2, 0) is 13.8 Å². The summed E-state index contributed by atoms with van der Waals surface area (Å²) in [6, 6.07) is 3.36. The first-order valence-corrected chi connectivity index (χ1v) is 8.33. The summed E-state index contributed by atoms with van der Waals surface area (Å²) >= 11 is 0. The van der Waals surface area contributed by atoms with E-state index in [1.807, 2.05) is 0 Å². The third kappa shape index (κ3) is 4.35. The summed E-state index contributed by atoms with van der Waals surface area (Å²) in [6.07, 6.45) is 2.11. The Hall–Kier alpha value is -1.34. The minimum Gasteiger partial charge on any atom is -0.490 e. The average molecular weight is 322 g/mol. The first-order valence-electron chi connectivity index (χ1n) is 6.02. The third-order valence-electron chi connectivity index (χ3n) is 2.71. The fourth-order valence-corrected chi connectivity index (χ4v) is 2.29. The van der Waals surface area contributed by atoms with Crippen molar-refractivity contribution in [3.8, 4) is 5.75 Å². The summed E-state index contributed by atoms with van der Waals surface area (Å²) < 4.78 is 40.7. The van der Waals surface area contributed by atoms with Gasteiger partial charge in [0, 0.05) is 16.7 Å². The van der Waals surface area contributed by atoms with E-state index in [0.29, 0.717) is 0 Å². The van der Waals surface area contributed by atoms with E-state index in [0.717, 1.165) is 25.0 Å². The lowest BCUT2D eigenvalue weighted by atomic mass is 10.3. The average Bonchev–Trinajstić information content (AvgIpc) is 3.13. The fourth-order valence-electron chi connectivity index (χ4n) is 1.53. The van der Waals surface area contributed by atoms with E-state index in [2.05, 4.69) is 5.32 Å². The molecular weight excluding hydrogens is 309 g/mol. The minimum atomic E-state index is -3.97. The molecule has 1 aliphatic carbocycles. The number of nitrogens with one attached hydrogen (secondary N) is 1. The van der Waals surface area contributed by atoms with Crippen molar-refractivity contribution in [1.29, 1.82) is 0 Å². The van der Waals surface area contributed by atoms with Crippen LogP contribution in [0, 0.1) is 5.82 Å². The zero-order chi connectivity index (χ0) is 14.8. The van der Waals surface area contributed by atoms with Crippen LogP contribution in [0.5, 0.6) is 5.75 Å². The Balaban J connectivity index is 1.88. The Labute approximate surface area is 120 Å². The van der Waals surface area contributed by atoms with Crippen LogP contribution < -0.4 is 10.1 Å². The van der Waals surface area contributed by atoms with Gasteiger partial charge in [0.15, 0.2) is 11.6 Å². The molecule has 2 rings (SSSR count). The molecule has 0 bridgehead atoms. The summed E-state index contributed by atoms with van der Waals surface area (Å²) in [4.78, 5) is 11.0. The van der Waals surface area contributed by atoms with Crippen molar-refractivity contribution >= 4 is 25.6 Å². The molecule has 0 atom stereocenters. The molecule has 1 saturated carbocycles. The van der Waals surface area contributed by atoms with Gasteiger partial charge in [0.25, 0.3) is 9.05 Å². The second-order valence-corrected chi connectivity index (χ2v) is 7.04. The Morgan fingerprint density at radius 1 is 1.45 bits per heavy atom. The van der Waals surface area contributed by atoms with E-state index in [4.69, 9.17) is 15.4 Å². The smallest absolute Gasteiger partial charge is 0.261 e. The maximum Gasteiger partial charge on any atom is 0.261 e. The van der Waals surface area contributed by atoms with Crippen LogP contribution in [0.25, 0.3) is 0 Å². The largest absolute Gasteiger partial charge is 0.490 e. The van der Waals surface area contributed by atoms with E-state index in [1.54, 1.807) is 0 Å². The molecule has 1 aromatic carbocycles. The molecule has 1 amide bonds. The standard InChI is InChI=1S/C12H13ClFNO4S/c13-20(17,18)9-3-4-11(10(14)7-9)19-6-5-12(16)15-8-1-2-8/h3-4,7-8H,1-2,5-6H2,(H,15,16). The second-order valence-electron chi connectivity index (χ2n) is 4.47. The Morgan fingerprint density at radius 3 is 2.70 bits per heavy atom. The zero-order valence-electron chi connectivity index (χ0n) is 10.4. The minimum absolute atomic E-state index is 0.0163. The maximum atomic E-state index is 13.6. The van der Waals surface area contributed by atoms with Gasteiger partial charge in [0.1, 0.15) is 0 Å². The lowest BCUT2D eigenvalue weighted by Crippen LogP contribution is -2.26. The van der Waals surface area contributed by atoms with Gasteiger partial charge >= 0.3 is 0 Å². The lowest BCUT2D eigenvalue weighted by molar-refractivity contribution is -0.121. The SMILES string of the molecule is O=C(CCOc1ccc(S(=O)(=O)Cl)cc1F)NC1CC1. The monoisotopic (exact) mass is 321 g/mol. The predicted molar refractivity (Wildman–Crippen MR) is 70.7 cm³/mol. The van der Waals surface area contributed by atoms with Crippen LogP contribution in [0.1, 0.15) is 19.3 Å². The lowest BCUT2D eigenvalue weighted by Gasteiger charge is -2.08. The van der Waals surface area contributed by atoms with Gasteiger partial charge in [-0.15, -0.1) is 0 Å². The van der Waals surface area contributed by atoms with Crippen molar-refractivity contribution in [1.82, 2.24) is 5.32 Å². The topological polar surface area (TPSA) is 72.5 Å².